The van der Waals surface area contributed by atoms with Crippen LogP contribution in [0.15, 0.2) is 60.2 Å². The Kier molecular flexibility index (Phi) is 4.52. The number of hydrogen-bond acceptors (Lipinski definition) is 2. The smallest absolute Gasteiger partial charge is 0.118 e. The molecule has 0 aromatic heterocycles. The van der Waals surface area contributed by atoms with Crippen molar-refractivity contribution in [3.8, 4) is 11.5 Å². The lowest BCUT2D eigenvalue weighted by atomic mass is 9.85. The molecule has 0 N–H and O–H groups in total. The second kappa shape index (κ2) is 6.74. The molecule has 0 atom stereocenters. The van der Waals surface area contributed by atoms with Crippen molar-refractivity contribution in [3.63, 3.8) is 0 Å². The minimum absolute atomic E-state index is 0.883. The fraction of sp³-hybridized carbons (Fsp3) is 0.190. The summed E-state index contributed by atoms with van der Waals surface area (Å²) in [5.74, 6) is 1.77. The van der Waals surface area contributed by atoms with Gasteiger partial charge in [-0.2, -0.15) is 0 Å². The van der Waals surface area contributed by atoms with E-state index in [0.29, 0.717) is 0 Å². The maximum atomic E-state index is 5.25. The zero-order chi connectivity index (χ0) is 16.2. The Morgan fingerprint density at radius 1 is 0.739 bits per heavy atom. The van der Waals surface area contributed by atoms with E-state index in [1.807, 2.05) is 24.3 Å². The van der Waals surface area contributed by atoms with Gasteiger partial charge in [-0.3, -0.25) is 0 Å². The molecule has 2 nitrogen and oxygen atoms in total. The van der Waals surface area contributed by atoms with E-state index in [4.69, 9.17) is 9.47 Å². The SMILES string of the molecule is COc1ccc(C2=CC[CH]C(c3ccc(OC)cc3)=C2C)cc1. The molecule has 2 heteroatoms. The Bertz CT molecular complexity index is 734. The second-order valence-corrected chi connectivity index (χ2v) is 5.55. The Morgan fingerprint density at radius 2 is 1.26 bits per heavy atom. The van der Waals surface area contributed by atoms with E-state index in [1.165, 1.54) is 27.8 Å². The summed E-state index contributed by atoms with van der Waals surface area (Å²) < 4.78 is 10.5. The van der Waals surface area contributed by atoms with Gasteiger partial charge in [0, 0.05) is 0 Å². The van der Waals surface area contributed by atoms with Crippen molar-refractivity contribution in [2.45, 2.75) is 13.3 Å². The lowest BCUT2D eigenvalue weighted by Crippen LogP contribution is -1.99. The van der Waals surface area contributed by atoms with Gasteiger partial charge in [0.1, 0.15) is 11.5 Å². The first-order valence-electron chi connectivity index (χ1n) is 7.76. The molecule has 23 heavy (non-hydrogen) atoms. The minimum Gasteiger partial charge on any atom is -0.497 e. The molecule has 0 saturated carbocycles. The summed E-state index contributed by atoms with van der Waals surface area (Å²) in [5, 5.41) is 0. The highest BCUT2D eigenvalue weighted by Gasteiger charge is 2.15. The van der Waals surface area contributed by atoms with E-state index >= 15 is 0 Å². The highest BCUT2D eigenvalue weighted by atomic mass is 16.5. The van der Waals surface area contributed by atoms with Crippen LogP contribution in [-0.2, 0) is 0 Å². The molecule has 2 aromatic rings. The van der Waals surface area contributed by atoms with Gasteiger partial charge < -0.3 is 9.47 Å². The molecule has 2 aromatic carbocycles. The normalized spacial score (nSPS) is 14.5. The second-order valence-electron chi connectivity index (χ2n) is 5.55. The molecule has 0 heterocycles. The van der Waals surface area contributed by atoms with Crippen LogP contribution in [0.1, 0.15) is 24.5 Å². The van der Waals surface area contributed by atoms with Crippen LogP contribution >= 0.6 is 0 Å². The molecule has 0 aliphatic heterocycles. The molecule has 3 rings (SSSR count). The summed E-state index contributed by atoms with van der Waals surface area (Å²) in [6.45, 7) is 2.19. The van der Waals surface area contributed by atoms with Crippen LogP contribution in [0, 0.1) is 6.42 Å². The molecule has 0 saturated heterocycles. The largest absolute Gasteiger partial charge is 0.497 e. The Hall–Kier alpha value is -2.48. The zero-order valence-electron chi connectivity index (χ0n) is 13.8. The van der Waals surface area contributed by atoms with Crippen molar-refractivity contribution in [1.29, 1.82) is 0 Å². The quantitative estimate of drug-likeness (QED) is 0.776. The number of benzene rings is 2. The minimum atomic E-state index is 0.883. The van der Waals surface area contributed by atoms with Gasteiger partial charge in [-0.15, -0.1) is 0 Å². The summed E-state index contributed by atoms with van der Waals surface area (Å²) in [4.78, 5) is 0. The Labute approximate surface area is 138 Å². The Balaban J connectivity index is 1.95. The fourth-order valence-electron chi connectivity index (χ4n) is 2.96. The zero-order valence-corrected chi connectivity index (χ0v) is 13.8. The standard InChI is InChI=1S/C21H21O2/c1-15-20(16-7-11-18(22-2)12-8-16)5-4-6-21(15)17-9-13-19(23-3)14-10-17/h5-14H,4H2,1-3H3. The lowest BCUT2D eigenvalue weighted by Gasteiger charge is -2.20. The first-order valence-corrected chi connectivity index (χ1v) is 7.76. The molecule has 0 spiro atoms. The average Bonchev–Trinajstić information content (AvgIpc) is 2.62. The van der Waals surface area contributed by atoms with Crippen molar-refractivity contribution in [2.75, 3.05) is 14.2 Å². The highest BCUT2D eigenvalue weighted by molar-refractivity contribution is 5.93. The third kappa shape index (κ3) is 3.16. The van der Waals surface area contributed by atoms with E-state index in [1.54, 1.807) is 14.2 Å². The number of ether oxygens (including phenoxy) is 2. The van der Waals surface area contributed by atoms with Gasteiger partial charge in [-0.05, 0) is 71.9 Å². The number of methoxy groups -OCH3 is 2. The average molecular weight is 305 g/mol. The summed E-state index contributed by atoms with van der Waals surface area (Å²) >= 11 is 0. The van der Waals surface area contributed by atoms with E-state index in [0.717, 1.165) is 17.9 Å². The molecule has 0 unspecified atom stereocenters. The predicted octanol–water partition coefficient (Wildman–Crippen LogP) is 5.17. The van der Waals surface area contributed by atoms with Crippen molar-refractivity contribution < 1.29 is 9.47 Å². The third-order valence-corrected chi connectivity index (χ3v) is 4.25. The van der Waals surface area contributed by atoms with Gasteiger partial charge in [-0.25, -0.2) is 0 Å². The first-order chi connectivity index (χ1) is 11.2. The van der Waals surface area contributed by atoms with Crippen LogP contribution < -0.4 is 9.47 Å². The van der Waals surface area contributed by atoms with Crippen LogP contribution in [0.5, 0.6) is 11.5 Å². The number of rotatable bonds is 4. The third-order valence-electron chi connectivity index (χ3n) is 4.25. The molecule has 1 aliphatic rings. The first kappa shape index (κ1) is 15.4. The summed E-state index contributed by atoms with van der Waals surface area (Å²) in [6, 6.07) is 16.5. The highest BCUT2D eigenvalue weighted by Crippen LogP contribution is 2.37. The van der Waals surface area contributed by atoms with E-state index in [9.17, 15) is 0 Å². The van der Waals surface area contributed by atoms with Crippen LogP contribution in [0.2, 0.25) is 0 Å². The molecule has 0 bridgehead atoms. The van der Waals surface area contributed by atoms with E-state index < -0.39 is 0 Å². The molecule has 0 amide bonds. The van der Waals surface area contributed by atoms with Gasteiger partial charge in [0.05, 0.1) is 14.2 Å². The van der Waals surface area contributed by atoms with Crippen LogP contribution in [-0.4, -0.2) is 14.2 Å². The molecule has 1 radical (unpaired) electrons. The topological polar surface area (TPSA) is 18.5 Å². The lowest BCUT2D eigenvalue weighted by molar-refractivity contribution is 0.414. The maximum absolute atomic E-state index is 5.25. The summed E-state index contributed by atoms with van der Waals surface area (Å²) in [5.41, 5.74) is 6.33. The predicted molar refractivity (Wildman–Crippen MR) is 95.5 cm³/mol. The maximum Gasteiger partial charge on any atom is 0.118 e. The molecular weight excluding hydrogens is 284 g/mol. The van der Waals surface area contributed by atoms with E-state index in [2.05, 4.69) is 43.7 Å². The van der Waals surface area contributed by atoms with Gasteiger partial charge in [-0.1, -0.05) is 30.3 Å². The van der Waals surface area contributed by atoms with Gasteiger partial charge in [0.2, 0.25) is 0 Å². The summed E-state index contributed by atoms with van der Waals surface area (Å²) in [6.07, 6.45) is 5.51. The van der Waals surface area contributed by atoms with Crippen molar-refractivity contribution in [2.24, 2.45) is 0 Å². The van der Waals surface area contributed by atoms with Crippen molar-refractivity contribution >= 4 is 11.1 Å². The van der Waals surface area contributed by atoms with Gasteiger partial charge >= 0.3 is 0 Å². The molecule has 117 valence electrons. The van der Waals surface area contributed by atoms with Crippen molar-refractivity contribution in [1.82, 2.24) is 0 Å². The molecular formula is C21H21O2. The van der Waals surface area contributed by atoms with Crippen LogP contribution in [0.4, 0.5) is 0 Å². The van der Waals surface area contributed by atoms with Crippen LogP contribution in [0.3, 0.4) is 0 Å². The van der Waals surface area contributed by atoms with Crippen molar-refractivity contribution in [3.05, 3.63) is 77.7 Å². The monoisotopic (exact) mass is 305 g/mol. The Morgan fingerprint density at radius 3 is 1.78 bits per heavy atom. The van der Waals surface area contributed by atoms with Gasteiger partial charge in [0.25, 0.3) is 0 Å². The molecule has 0 fully saturated rings. The number of hydrogen-bond donors (Lipinski definition) is 0. The van der Waals surface area contributed by atoms with E-state index in [-0.39, 0.29) is 0 Å². The van der Waals surface area contributed by atoms with Gasteiger partial charge in [0.15, 0.2) is 0 Å². The fourth-order valence-corrected chi connectivity index (χ4v) is 2.96. The summed E-state index contributed by atoms with van der Waals surface area (Å²) in [7, 11) is 3.38. The number of allylic oxidation sites excluding steroid dienone is 4. The van der Waals surface area contributed by atoms with Crippen LogP contribution in [0.25, 0.3) is 11.1 Å². The molecule has 1 aliphatic carbocycles.